The van der Waals surface area contributed by atoms with E-state index in [0.29, 0.717) is 6.04 Å². The van der Waals surface area contributed by atoms with Gasteiger partial charge < -0.3 is 15.1 Å². The van der Waals surface area contributed by atoms with E-state index in [2.05, 4.69) is 10.2 Å². The molecule has 5 heteroatoms. The predicted molar refractivity (Wildman–Crippen MR) is 104 cm³/mol. The Morgan fingerprint density at radius 3 is 1.96 bits per heavy atom. The number of nitrogens with zero attached hydrogens (tertiary/aromatic N) is 2. The number of piperidine rings is 1. The molecule has 4 saturated carbocycles. The Morgan fingerprint density at radius 2 is 1.41 bits per heavy atom. The summed E-state index contributed by atoms with van der Waals surface area (Å²) in [6.07, 6.45) is 12.1. The van der Waals surface area contributed by atoms with Crippen LogP contribution in [0.3, 0.4) is 0 Å². The molecular weight excluding hydrogens is 338 g/mol. The van der Waals surface area contributed by atoms with E-state index >= 15 is 0 Å². The molecule has 0 unspecified atom stereocenters. The zero-order valence-electron chi connectivity index (χ0n) is 16.6. The molecule has 4 bridgehead atoms. The molecule has 27 heavy (non-hydrogen) atoms. The Balaban J connectivity index is 1.11. The number of hydrogen-bond donors (Lipinski definition) is 1. The van der Waals surface area contributed by atoms with E-state index in [-0.39, 0.29) is 23.8 Å². The largest absolute Gasteiger partial charge is 0.347 e. The topological polar surface area (TPSA) is 52.7 Å². The third kappa shape index (κ3) is 3.41. The van der Waals surface area contributed by atoms with Crippen LogP contribution in [0.5, 0.6) is 0 Å². The first-order valence-corrected chi connectivity index (χ1v) is 11.4. The molecule has 150 valence electrons. The fourth-order valence-corrected chi connectivity index (χ4v) is 7.43. The minimum absolute atomic E-state index is 0.118. The molecule has 4 aliphatic carbocycles. The van der Waals surface area contributed by atoms with Gasteiger partial charge in [0.1, 0.15) is 0 Å². The molecule has 6 fully saturated rings. The minimum Gasteiger partial charge on any atom is -0.347 e. The summed E-state index contributed by atoms with van der Waals surface area (Å²) in [7, 11) is 0. The first-order chi connectivity index (χ1) is 13.1. The van der Waals surface area contributed by atoms with Crippen molar-refractivity contribution in [2.45, 2.75) is 70.3 Å². The molecule has 2 heterocycles. The average molecular weight is 374 g/mol. The highest BCUT2D eigenvalue weighted by Gasteiger charge is 2.54. The second-order valence-electron chi connectivity index (χ2n) is 10.2. The van der Waals surface area contributed by atoms with Crippen LogP contribution in [-0.2, 0) is 9.59 Å². The highest BCUT2D eigenvalue weighted by atomic mass is 16.2. The number of likely N-dealkylation sites (tertiary alicyclic amines) is 2. The van der Waals surface area contributed by atoms with E-state index in [1.165, 1.54) is 45.2 Å². The molecule has 2 aliphatic heterocycles. The van der Waals surface area contributed by atoms with Crippen LogP contribution >= 0.6 is 0 Å². The van der Waals surface area contributed by atoms with Crippen molar-refractivity contribution in [2.24, 2.45) is 23.2 Å². The normalized spacial score (nSPS) is 39.1. The molecule has 0 radical (unpaired) electrons. The second-order valence-corrected chi connectivity index (χ2v) is 10.2. The molecule has 0 aromatic carbocycles. The van der Waals surface area contributed by atoms with Gasteiger partial charge in [-0.15, -0.1) is 0 Å². The predicted octanol–water partition coefficient (Wildman–Crippen LogP) is 2.41. The Labute approximate surface area is 163 Å². The maximum Gasteiger partial charge on any atom is 0.241 e. The van der Waals surface area contributed by atoms with Gasteiger partial charge >= 0.3 is 0 Å². The molecule has 0 aromatic heterocycles. The van der Waals surface area contributed by atoms with Crippen LogP contribution in [0.15, 0.2) is 0 Å². The third-order valence-corrected chi connectivity index (χ3v) is 8.39. The number of rotatable bonds is 4. The number of amides is 2. The number of nitrogens with one attached hydrogen (secondary N) is 1. The van der Waals surface area contributed by atoms with Crippen LogP contribution in [0.2, 0.25) is 0 Å². The van der Waals surface area contributed by atoms with E-state index in [1.54, 1.807) is 0 Å². The van der Waals surface area contributed by atoms with E-state index in [9.17, 15) is 9.59 Å². The van der Waals surface area contributed by atoms with Crippen molar-refractivity contribution in [1.29, 1.82) is 0 Å². The highest BCUT2D eigenvalue weighted by molar-refractivity contribution is 5.88. The Kier molecular flexibility index (Phi) is 4.69. The lowest BCUT2D eigenvalue weighted by Crippen LogP contribution is -2.55. The van der Waals surface area contributed by atoms with Gasteiger partial charge in [0.15, 0.2) is 0 Å². The first-order valence-electron chi connectivity index (χ1n) is 11.4. The molecule has 2 saturated heterocycles. The van der Waals surface area contributed by atoms with Gasteiger partial charge in [-0.2, -0.15) is 0 Å². The summed E-state index contributed by atoms with van der Waals surface area (Å²) in [4.78, 5) is 30.3. The molecule has 0 atom stereocenters. The van der Waals surface area contributed by atoms with Crippen LogP contribution in [0.4, 0.5) is 0 Å². The van der Waals surface area contributed by atoms with Crippen molar-refractivity contribution >= 4 is 11.8 Å². The summed E-state index contributed by atoms with van der Waals surface area (Å²) in [5, 5.41) is 3.06. The van der Waals surface area contributed by atoms with Crippen molar-refractivity contribution in [1.82, 2.24) is 15.1 Å². The maximum atomic E-state index is 13.0. The van der Waals surface area contributed by atoms with Gasteiger partial charge in [-0.3, -0.25) is 9.59 Å². The fraction of sp³-hybridized carbons (Fsp3) is 0.909. The van der Waals surface area contributed by atoms with Crippen molar-refractivity contribution in [3.8, 4) is 0 Å². The molecule has 6 rings (SSSR count). The van der Waals surface area contributed by atoms with E-state index < -0.39 is 0 Å². The van der Waals surface area contributed by atoms with Crippen molar-refractivity contribution < 1.29 is 9.59 Å². The van der Waals surface area contributed by atoms with E-state index in [0.717, 1.165) is 62.9 Å². The standard InChI is InChI=1S/C22H35N3O2/c26-20(25-7-3-19(4-8-25)24-5-1-2-6-24)15-23-21(27)22-12-16-9-17(13-22)11-18(10-16)14-22/h16-19H,1-15H2,(H,23,27). The Morgan fingerprint density at radius 1 is 0.852 bits per heavy atom. The van der Waals surface area contributed by atoms with Crippen molar-refractivity contribution in [2.75, 3.05) is 32.7 Å². The smallest absolute Gasteiger partial charge is 0.241 e. The van der Waals surface area contributed by atoms with E-state index in [4.69, 9.17) is 0 Å². The molecule has 2 amide bonds. The lowest BCUT2D eigenvalue weighted by atomic mass is 9.49. The molecule has 6 aliphatic rings. The van der Waals surface area contributed by atoms with Crippen LogP contribution in [0, 0.1) is 23.2 Å². The Hall–Kier alpha value is -1.10. The van der Waals surface area contributed by atoms with Gasteiger partial charge in [0.25, 0.3) is 0 Å². The van der Waals surface area contributed by atoms with Crippen LogP contribution in [-0.4, -0.2) is 60.4 Å². The van der Waals surface area contributed by atoms with Crippen LogP contribution in [0.1, 0.15) is 64.2 Å². The third-order valence-electron chi connectivity index (χ3n) is 8.39. The molecule has 1 N–H and O–H groups in total. The number of carbonyl (C=O) groups is 2. The summed E-state index contributed by atoms with van der Waals surface area (Å²) >= 11 is 0. The molecule has 5 nitrogen and oxygen atoms in total. The number of hydrogen-bond acceptors (Lipinski definition) is 3. The second kappa shape index (κ2) is 7.06. The zero-order chi connectivity index (χ0) is 18.4. The fourth-order valence-electron chi connectivity index (χ4n) is 7.43. The van der Waals surface area contributed by atoms with Crippen molar-refractivity contribution in [3.63, 3.8) is 0 Å². The minimum atomic E-state index is -0.141. The summed E-state index contributed by atoms with van der Waals surface area (Å²) in [6, 6.07) is 0.665. The van der Waals surface area contributed by atoms with E-state index in [1.807, 2.05) is 4.90 Å². The SMILES string of the molecule is O=C(CNC(=O)C12CC3CC(CC(C3)C1)C2)N1CCC(N2CCCC2)CC1. The number of carbonyl (C=O) groups excluding carboxylic acids is 2. The van der Waals surface area contributed by atoms with Crippen LogP contribution < -0.4 is 5.32 Å². The highest BCUT2D eigenvalue weighted by Crippen LogP contribution is 2.60. The Bertz CT molecular complexity index is 555. The summed E-state index contributed by atoms with van der Waals surface area (Å²) in [6.45, 7) is 4.38. The van der Waals surface area contributed by atoms with Crippen LogP contribution in [0.25, 0.3) is 0 Å². The summed E-state index contributed by atoms with van der Waals surface area (Å²) in [5.74, 6) is 2.60. The molecule has 0 aromatic rings. The average Bonchev–Trinajstić information content (AvgIpc) is 3.19. The zero-order valence-corrected chi connectivity index (χ0v) is 16.6. The van der Waals surface area contributed by atoms with Gasteiger partial charge in [-0.25, -0.2) is 0 Å². The van der Waals surface area contributed by atoms with Gasteiger partial charge in [-0.05, 0) is 95.1 Å². The van der Waals surface area contributed by atoms with Gasteiger partial charge in [0.2, 0.25) is 11.8 Å². The van der Waals surface area contributed by atoms with Gasteiger partial charge in [-0.1, -0.05) is 0 Å². The van der Waals surface area contributed by atoms with Gasteiger partial charge in [0.05, 0.1) is 6.54 Å². The lowest BCUT2D eigenvalue weighted by molar-refractivity contribution is -0.148. The molecule has 0 spiro atoms. The van der Waals surface area contributed by atoms with Gasteiger partial charge in [0, 0.05) is 24.5 Å². The lowest BCUT2D eigenvalue weighted by Gasteiger charge is -2.55. The maximum absolute atomic E-state index is 13.0. The molecular formula is C22H35N3O2. The van der Waals surface area contributed by atoms with Crippen molar-refractivity contribution in [3.05, 3.63) is 0 Å². The monoisotopic (exact) mass is 373 g/mol. The first kappa shape index (κ1) is 18.0. The quantitative estimate of drug-likeness (QED) is 0.823. The summed E-state index contributed by atoms with van der Waals surface area (Å²) in [5.41, 5.74) is -0.141. The summed E-state index contributed by atoms with van der Waals surface area (Å²) < 4.78 is 0.